The van der Waals surface area contributed by atoms with Crippen molar-refractivity contribution in [2.24, 2.45) is 0 Å². The van der Waals surface area contributed by atoms with Gasteiger partial charge in [-0.3, -0.25) is 10.1 Å². The van der Waals surface area contributed by atoms with E-state index in [0.29, 0.717) is 0 Å². The van der Waals surface area contributed by atoms with Crippen LogP contribution in [0.3, 0.4) is 0 Å². The summed E-state index contributed by atoms with van der Waals surface area (Å²) in [5.74, 6) is -2.64. The number of halogens is 3. The van der Waals surface area contributed by atoms with Gasteiger partial charge in [-0.15, -0.1) is 0 Å². The first kappa shape index (κ1) is 15.6. The van der Waals surface area contributed by atoms with E-state index in [1.54, 1.807) is 0 Å². The fourth-order valence-corrected chi connectivity index (χ4v) is 1.91. The van der Waals surface area contributed by atoms with E-state index in [2.05, 4.69) is 5.32 Å². The average molecular weight is 312 g/mol. The molecule has 0 unspecified atom stereocenters. The molecule has 0 heterocycles. The van der Waals surface area contributed by atoms with Crippen LogP contribution in [-0.2, 0) is 6.54 Å². The highest BCUT2D eigenvalue weighted by molar-refractivity contribution is 5.50. The Bertz CT molecular complexity index is 702. The first-order valence-corrected chi connectivity index (χ1v) is 6.12. The second kappa shape index (κ2) is 6.33. The molecule has 0 radical (unpaired) electrons. The van der Waals surface area contributed by atoms with Crippen LogP contribution >= 0.6 is 0 Å². The number of methoxy groups -OCH3 is 1. The van der Waals surface area contributed by atoms with Crippen LogP contribution in [0.5, 0.6) is 5.75 Å². The quantitative estimate of drug-likeness (QED) is 0.676. The Morgan fingerprint density at radius 1 is 1.18 bits per heavy atom. The third-order valence-corrected chi connectivity index (χ3v) is 2.96. The number of nitrogens with one attached hydrogen (secondary N) is 1. The number of nitro groups is 1. The summed E-state index contributed by atoms with van der Waals surface area (Å²) in [6.07, 6.45) is 0. The van der Waals surface area contributed by atoms with Crippen molar-refractivity contribution in [1.82, 2.24) is 0 Å². The zero-order valence-electron chi connectivity index (χ0n) is 11.4. The molecule has 5 nitrogen and oxygen atoms in total. The normalized spacial score (nSPS) is 10.4. The van der Waals surface area contributed by atoms with Gasteiger partial charge in [-0.25, -0.2) is 8.78 Å². The number of rotatable bonds is 5. The highest BCUT2D eigenvalue weighted by atomic mass is 19.1. The lowest BCUT2D eigenvalue weighted by Gasteiger charge is -2.12. The van der Waals surface area contributed by atoms with Gasteiger partial charge in [0.15, 0.2) is 0 Å². The van der Waals surface area contributed by atoms with E-state index in [0.717, 1.165) is 24.3 Å². The van der Waals surface area contributed by atoms with E-state index in [1.165, 1.54) is 13.2 Å². The van der Waals surface area contributed by atoms with Crippen LogP contribution in [0.25, 0.3) is 0 Å². The second-order valence-corrected chi connectivity index (χ2v) is 4.32. The largest absolute Gasteiger partial charge is 0.496 e. The lowest BCUT2D eigenvalue weighted by atomic mass is 10.1. The van der Waals surface area contributed by atoms with Crippen molar-refractivity contribution in [1.29, 1.82) is 0 Å². The summed E-state index contributed by atoms with van der Waals surface area (Å²) in [6, 6.07) is 5.15. The zero-order valence-corrected chi connectivity index (χ0v) is 11.4. The van der Waals surface area contributed by atoms with Crippen molar-refractivity contribution in [2.75, 3.05) is 12.4 Å². The van der Waals surface area contributed by atoms with Crippen molar-refractivity contribution >= 4 is 11.4 Å². The summed E-state index contributed by atoms with van der Waals surface area (Å²) in [7, 11) is 1.26. The number of benzene rings is 2. The maximum absolute atomic E-state index is 13.5. The molecule has 0 spiro atoms. The fourth-order valence-electron chi connectivity index (χ4n) is 1.91. The Hall–Kier alpha value is -2.77. The highest BCUT2D eigenvalue weighted by Gasteiger charge is 2.19. The van der Waals surface area contributed by atoms with Gasteiger partial charge < -0.3 is 10.1 Å². The summed E-state index contributed by atoms with van der Waals surface area (Å²) in [5, 5.41) is 13.2. The summed E-state index contributed by atoms with van der Waals surface area (Å²) >= 11 is 0. The first-order valence-electron chi connectivity index (χ1n) is 6.12. The molecular formula is C14H11F3N2O3. The van der Waals surface area contributed by atoms with Crippen LogP contribution in [0.15, 0.2) is 30.3 Å². The molecule has 116 valence electrons. The van der Waals surface area contributed by atoms with Crippen LogP contribution in [0.4, 0.5) is 24.5 Å². The van der Waals surface area contributed by atoms with Crippen molar-refractivity contribution in [3.63, 3.8) is 0 Å². The van der Waals surface area contributed by atoms with Gasteiger partial charge in [0, 0.05) is 24.2 Å². The summed E-state index contributed by atoms with van der Waals surface area (Å²) in [4.78, 5) is 9.85. The maximum atomic E-state index is 13.5. The maximum Gasteiger partial charge on any atom is 0.305 e. The van der Waals surface area contributed by atoms with Crippen molar-refractivity contribution < 1.29 is 22.8 Å². The van der Waals surface area contributed by atoms with Gasteiger partial charge in [0.05, 0.1) is 12.0 Å². The molecule has 0 aliphatic heterocycles. The Morgan fingerprint density at radius 2 is 1.82 bits per heavy atom. The van der Waals surface area contributed by atoms with Gasteiger partial charge in [0.25, 0.3) is 0 Å². The van der Waals surface area contributed by atoms with Crippen molar-refractivity contribution in [2.45, 2.75) is 6.54 Å². The smallest absolute Gasteiger partial charge is 0.305 e. The predicted molar refractivity (Wildman–Crippen MR) is 73.3 cm³/mol. The number of hydrogen-bond donors (Lipinski definition) is 1. The van der Waals surface area contributed by atoms with E-state index < -0.39 is 28.1 Å². The molecule has 0 atom stereocenters. The van der Waals surface area contributed by atoms with E-state index >= 15 is 0 Å². The topological polar surface area (TPSA) is 64.4 Å². The van der Waals surface area contributed by atoms with E-state index in [1.807, 2.05) is 0 Å². The lowest BCUT2D eigenvalue weighted by Crippen LogP contribution is -2.06. The van der Waals surface area contributed by atoms with E-state index in [4.69, 9.17) is 4.74 Å². The number of nitro benzene ring substituents is 1. The monoisotopic (exact) mass is 312 g/mol. The molecule has 0 bridgehead atoms. The van der Waals surface area contributed by atoms with Crippen LogP contribution in [0, 0.1) is 27.6 Å². The van der Waals surface area contributed by atoms with Gasteiger partial charge in [0.2, 0.25) is 5.82 Å². The Kier molecular flexibility index (Phi) is 4.50. The van der Waals surface area contributed by atoms with E-state index in [9.17, 15) is 23.3 Å². The highest BCUT2D eigenvalue weighted by Crippen LogP contribution is 2.29. The minimum Gasteiger partial charge on any atom is -0.496 e. The van der Waals surface area contributed by atoms with Crippen molar-refractivity contribution in [3.05, 3.63) is 63.5 Å². The first-order chi connectivity index (χ1) is 10.4. The lowest BCUT2D eigenvalue weighted by molar-refractivity contribution is -0.387. The molecule has 0 saturated heterocycles. The van der Waals surface area contributed by atoms with Crippen LogP contribution < -0.4 is 10.1 Å². The zero-order chi connectivity index (χ0) is 16.3. The molecule has 2 rings (SSSR count). The van der Waals surface area contributed by atoms with Crippen molar-refractivity contribution in [3.8, 4) is 5.75 Å². The number of ether oxygens (including phenoxy) is 1. The molecule has 22 heavy (non-hydrogen) atoms. The fraction of sp³-hybridized carbons (Fsp3) is 0.143. The third-order valence-electron chi connectivity index (χ3n) is 2.96. The molecule has 0 aromatic heterocycles. The second-order valence-electron chi connectivity index (χ2n) is 4.32. The van der Waals surface area contributed by atoms with Gasteiger partial charge in [-0.05, 0) is 12.1 Å². The molecule has 2 aromatic carbocycles. The van der Waals surface area contributed by atoms with E-state index in [-0.39, 0.29) is 23.5 Å². The van der Waals surface area contributed by atoms with Crippen LogP contribution in [0.2, 0.25) is 0 Å². The molecule has 0 amide bonds. The Balaban J connectivity index is 2.33. The van der Waals surface area contributed by atoms with Gasteiger partial charge >= 0.3 is 5.69 Å². The predicted octanol–water partition coefficient (Wildman–Crippen LogP) is 3.63. The molecule has 1 N–H and O–H groups in total. The molecular weight excluding hydrogens is 301 g/mol. The summed E-state index contributed by atoms with van der Waals surface area (Å²) in [6.45, 7) is -0.178. The van der Waals surface area contributed by atoms with Gasteiger partial charge in [-0.2, -0.15) is 4.39 Å². The number of anilines is 1. The Labute approximate surface area is 123 Å². The molecule has 0 aliphatic rings. The minimum atomic E-state index is -1.05. The van der Waals surface area contributed by atoms with Crippen LogP contribution in [0.1, 0.15) is 5.56 Å². The molecule has 0 aliphatic carbocycles. The molecule has 8 heteroatoms. The standard InChI is InChI=1S/C14H11F3N2O3/c1-22-13-6-11(17)12(19(20)21)5-8(13)7-18-14-9(15)3-2-4-10(14)16/h2-6,18H,7H2,1H3. The third kappa shape index (κ3) is 3.11. The number of para-hydroxylation sites is 1. The molecule has 2 aromatic rings. The summed E-state index contributed by atoms with van der Waals surface area (Å²) in [5.41, 5.74) is -0.929. The molecule has 0 fully saturated rings. The van der Waals surface area contributed by atoms with Gasteiger partial charge in [-0.1, -0.05) is 6.07 Å². The average Bonchev–Trinajstić information content (AvgIpc) is 2.47. The number of nitrogens with zero attached hydrogens (tertiary/aromatic N) is 1. The molecule has 0 saturated carbocycles. The summed E-state index contributed by atoms with van der Waals surface area (Å²) < 4.78 is 45.4. The minimum absolute atomic E-state index is 0.0346. The SMILES string of the molecule is COc1cc(F)c([N+](=O)[O-])cc1CNc1c(F)cccc1F. The van der Waals surface area contributed by atoms with Crippen LogP contribution in [-0.4, -0.2) is 12.0 Å². The number of hydrogen-bond acceptors (Lipinski definition) is 4. The van der Waals surface area contributed by atoms with Gasteiger partial charge in [0.1, 0.15) is 23.1 Å². The Morgan fingerprint density at radius 3 is 2.36 bits per heavy atom.